The van der Waals surface area contributed by atoms with Crippen LogP contribution in [0.5, 0.6) is 0 Å². The zero-order valence-corrected chi connectivity index (χ0v) is 17.7. The van der Waals surface area contributed by atoms with Gasteiger partial charge in [-0.15, -0.1) is 10.2 Å². The summed E-state index contributed by atoms with van der Waals surface area (Å²) in [5.41, 5.74) is 1.94. The van der Waals surface area contributed by atoms with E-state index < -0.39 is 0 Å². The first-order valence-corrected chi connectivity index (χ1v) is 10.3. The molecule has 1 heterocycles. The fourth-order valence-electron chi connectivity index (χ4n) is 2.70. The van der Waals surface area contributed by atoms with Crippen LogP contribution in [-0.4, -0.2) is 46.7 Å². The van der Waals surface area contributed by atoms with Gasteiger partial charge in [-0.25, -0.2) is 0 Å². The van der Waals surface area contributed by atoms with Crippen LogP contribution in [0.15, 0.2) is 24.3 Å². The summed E-state index contributed by atoms with van der Waals surface area (Å²) in [5.74, 6) is -0.161. The van der Waals surface area contributed by atoms with Gasteiger partial charge in [-0.3, -0.25) is 14.5 Å². The monoisotopic (exact) mass is 404 g/mol. The first-order valence-electron chi connectivity index (χ1n) is 9.51. The van der Waals surface area contributed by atoms with Crippen LogP contribution in [0.2, 0.25) is 0 Å². The van der Waals surface area contributed by atoms with E-state index in [1.807, 2.05) is 29.2 Å². The maximum Gasteiger partial charge on any atom is 0.320 e. The molecule has 0 spiro atoms. The Labute approximate surface area is 170 Å². The van der Waals surface area contributed by atoms with Gasteiger partial charge in [-0.1, -0.05) is 44.2 Å². The molecule has 0 bridgehead atoms. The van der Waals surface area contributed by atoms with E-state index in [9.17, 15) is 9.59 Å². The molecule has 1 N–H and O–H groups in total. The van der Waals surface area contributed by atoms with E-state index in [1.165, 1.54) is 16.9 Å². The molecule has 0 unspecified atom stereocenters. The van der Waals surface area contributed by atoms with Crippen molar-refractivity contribution in [2.75, 3.05) is 25.0 Å². The van der Waals surface area contributed by atoms with E-state index in [4.69, 9.17) is 4.74 Å². The number of hydrogen-bond donors (Lipinski definition) is 1. The number of carbonyl (C=O) groups excluding carboxylic acids is 2. The molecule has 0 fully saturated rings. The minimum Gasteiger partial charge on any atom is -0.465 e. The lowest BCUT2D eigenvalue weighted by atomic mass is 10.1. The molecule has 2 aromatic rings. The summed E-state index contributed by atoms with van der Waals surface area (Å²) in [4.78, 5) is 26.2. The SMILES string of the molecule is CCOC(=O)CN(Cc1nnc(C(=O)Nc2ccc(CC)cc2)s1)CC(C)C. The third kappa shape index (κ3) is 7.01. The first-order chi connectivity index (χ1) is 13.4. The van der Waals surface area contributed by atoms with Crippen LogP contribution in [0.3, 0.4) is 0 Å². The lowest BCUT2D eigenvalue weighted by molar-refractivity contribution is -0.144. The van der Waals surface area contributed by atoms with Gasteiger partial charge in [0.2, 0.25) is 5.01 Å². The average molecular weight is 405 g/mol. The highest BCUT2D eigenvalue weighted by Crippen LogP contribution is 2.16. The fraction of sp³-hybridized carbons (Fsp3) is 0.500. The van der Waals surface area contributed by atoms with Crippen molar-refractivity contribution in [3.05, 3.63) is 39.8 Å². The highest BCUT2D eigenvalue weighted by atomic mass is 32.1. The van der Waals surface area contributed by atoms with E-state index in [0.717, 1.165) is 18.7 Å². The Morgan fingerprint density at radius 2 is 1.89 bits per heavy atom. The maximum atomic E-state index is 12.4. The predicted molar refractivity (Wildman–Crippen MR) is 110 cm³/mol. The van der Waals surface area contributed by atoms with Crippen molar-refractivity contribution in [3.8, 4) is 0 Å². The van der Waals surface area contributed by atoms with Crippen molar-refractivity contribution < 1.29 is 14.3 Å². The van der Waals surface area contributed by atoms with Crippen molar-refractivity contribution in [2.24, 2.45) is 5.92 Å². The molecule has 1 amide bonds. The average Bonchev–Trinajstić information content (AvgIpc) is 3.10. The standard InChI is InChI=1S/C20H28N4O3S/c1-5-15-7-9-16(10-8-15)21-19(26)20-23-22-17(28-20)12-24(11-14(3)4)13-18(25)27-6-2/h7-10,14H,5-6,11-13H2,1-4H3,(H,21,26). The topological polar surface area (TPSA) is 84.4 Å². The van der Waals surface area contributed by atoms with Crippen molar-refractivity contribution in [2.45, 2.75) is 40.7 Å². The fourth-order valence-corrected chi connectivity index (χ4v) is 3.48. The number of aryl methyl sites for hydroxylation is 1. The van der Waals surface area contributed by atoms with Crippen molar-refractivity contribution in [3.63, 3.8) is 0 Å². The van der Waals surface area contributed by atoms with Crippen LogP contribution >= 0.6 is 11.3 Å². The van der Waals surface area contributed by atoms with Gasteiger partial charge in [-0.2, -0.15) is 0 Å². The number of hydrogen-bond acceptors (Lipinski definition) is 7. The molecule has 1 aromatic heterocycles. The van der Waals surface area contributed by atoms with Gasteiger partial charge in [0, 0.05) is 12.2 Å². The molecule has 0 aliphatic carbocycles. The molecule has 8 heteroatoms. The Balaban J connectivity index is 1.99. The molecular weight excluding hydrogens is 376 g/mol. The molecule has 152 valence electrons. The van der Waals surface area contributed by atoms with E-state index in [2.05, 4.69) is 36.3 Å². The van der Waals surface area contributed by atoms with E-state index in [-0.39, 0.29) is 18.4 Å². The van der Waals surface area contributed by atoms with Crippen LogP contribution in [0, 0.1) is 5.92 Å². The minimum absolute atomic E-state index is 0.191. The number of esters is 1. The quantitative estimate of drug-likeness (QED) is 0.611. The van der Waals surface area contributed by atoms with E-state index in [0.29, 0.717) is 29.1 Å². The van der Waals surface area contributed by atoms with Gasteiger partial charge in [0.25, 0.3) is 5.91 Å². The summed E-state index contributed by atoms with van der Waals surface area (Å²) in [7, 11) is 0. The van der Waals surface area contributed by atoms with Crippen molar-refractivity contribution in [1.29, 1.82) is 0 Å². The second-order valence-electron chi connectivity index (χ2n) is 6.87. The molecule has 0 atom stereocenters. The van der Waals surface area contributed by atoms with Crippen LogP contribution in [0.25, 0.3) is 0 Å². The number of benzene rings is 1. The number of amides is 1. The lowest BCUT2D eigenvalue weighted by Gasteiger charge is -2.21. The minimum atomic E-state index is -0.284. The Morgan fingerprint density at radius 1 is 1.18 bits per heavy atom. The summed E-state index contributed by atoms with van der Waals surface area (Å²) < 4.78 is 5.04. The van der Waals surface area contributed by atoms with Gasteiger partial charge in [0.1, 0.15) is 5.01 Å². The Hall–Kier alpha value is -2.32. The molecular formula is C20H28N4O3S. The first kappa shape index (κ1) is 22.0. The molecule has 0 aliphatic heterocycles. The number of aromatic nitrogens is 2. The summed E-state index contributed by atoms with van der Waals surface area (Å²) in [6.07, 6.45) is 0.951. The maximum absolute atomic E-state index is 12.4. The number of rotatable bonds is 10. The lowest BCUT2D eigenvalue weighted by Crippen LogP contribution is -2.33. The van der Waals surface area contributed by atoms with Gasteiger partial charge >= 0.3 is 5.97 Å². The normalized spacial score (nSPS) is 11.1. The highest BCUT2D eigenvalue weighted by molar-refractivity contribution is 7.13. The molecule has 28 heavy (non-hydrogen) atoms. The molecule has 0 saturated carbocycles. The number of nitrogens with one attached hydrogen (secondary N) is 1. The van der Waals surface area contributed by atoms with Gasteiger partial charge < -0.3 is 10.1 Å². The van der Waals surface area contributed by atoms with Gasteiger partial charge in [0.15, 0.2) is 0 Å². The predicted octanol–water partition coefficient (Wildman–Crippen LogP) is 3.37. The second-order valence-corrected chi connectivity index (χ2v) is 7.94. The van der Waals surface area contributed by atoms with Crippen LogP contribution in [-0.2, 0) is 22.5 Å². The summed E-state index contributed by atoms with van der Waals surface area (Å²) in [5, 5.41) is 12.0. The third-order valence-corrected chi connectivity index (χ3v) is 4.83. The molecule has 7 nitrogen and oxygen atoms in total. The Morgan fingerprint density at radius 3 is 2.50 bits per heavy atom. The molecule has 0 aliphatic rings. The summed E-state index contributed by atoms with van der Waals surface area (Å²) in [6, 6.07) is 7.73. The summed E-state index contributed by atoms with van der Waals surface area (Å²) in [6.45, 7) is 9.77. The van der Waals surface area contributed by atoms with Gasteiger partial charge in [-0.05, 0) is 37.0 Å². The number of ether oxygens (including phenoxy) is 1. The van der Waals surface area contributed by atoms with Crippen LogP contribution < -0.4 is 5.32 Å². The molecule has 0 saturated heterocycles. The molecule has 2 rings (SSSR count). The number of carbonyl (C=O) groups is 2. The Bertz CT molecular complexity index is 774. The smallest absolute Gasteiger partial charge is 0.320 e. The zero-order valence-electron chi connectivity index (χ0n) is 16.9. The van der Waals surface area contributed by atoms with Crippen molar-refractivity contribution >= 4 is 28.9 Å². The second kappa shape index (κ2) is 10.9. The number of anilines is 1. The highest BCUT2D eigenvalue weighted by Gasteiger charge is 2.18. The van der Waals surface area contributed by atoms with E-state index >= 15 is 0 Å². The van der Waals surface area contributed by atoms with Crippen LogP contribution in [0.1, 0.15) is 48.1 Å². The van der Waals surface area contributed by atoms with Gasteiger partial charge in [0.05, 0.1) is 19.7 Å². The number of nitrogens with zero attached hydrogens (tertiary/aromatic N) is 3. The van der Waals surface area contributed by atoms with Crippen molar-refractivity contribution in [1.82, 2.24) is 15.1 Å². The Kier molecular flexibility index (Phi) is 8.53. The largest absolute Gasteiger partial charge is 0.465 e. The summed E-state index contributed by atoms with van der Waals surface area (Å²) >= 11 is 1.24. The molecule has 0 radical (unpaired) electrons. The zero-order chi connectivity index (χ0) is 20.5. The van der Waals surface area contributed by atoms with E-state index in [1.54, 1.807) is 6.92 Å². The third-order valence-electron chi connectivity index (χ3n) is 3.92. The molecule has 1 aromatic carbocycles. The van der Waals surface area contributed by atoms with Crippen LogP contribution in [0.4, 0.5) is 5.69 Å².